The SMILES string of the molecule is CC1CCN(C(=O)C2CC2c2ccccc2)CC1CN. The largest absolute Gasteiger partial charge is 0.342 e. The molecule has 1 heterocycles. The van der Waals surface area contributed by atoms with Crippen LogP contribution in [0.25, 0.3) is 0 Å². The van der Waals surface area contributed by atoms with Gasteiger partial charge >= 0.3 is 0 Å². The van der Waals surface area contributed by atoms with Crippen LogP contribution in [0, 0.1) is 17.8 Å². The normalized spacial score (nSPS) is 33.0. The zero-order chi connectivity index (χ0) is 14.1. The molecule has 20 heavy (non-hydrogen) atoms. The number of rotatable bonds is 3. The summed E-state index contributed by atoms with van der Waals surface area (Å²) >= 11 is 0. The molecule has 4 atom stereocenters. The van der Waals surface area contributed by atoms with Crippen molar-refractivity contribution in [1.29, 1.82) is 0 Å². The predicted molar refractivity (Wildman–Crippen MR) is 80.2 cm³/mol. The molecule has 1 saturated heterocycles. The number of nitrogens with zero attached hydrogens (tertiary/aromatic N) is 1. The van der Waals surface area contributed by atoms with Crippen molar-refractivity contribution in [2.24, 2.45) is 23.5 Å². The lowest BCUT2D eigenvalue weighted by molar-refractivity contribution is -0.135. The second kappa shape index (κ2) is 5.57. The van der Waals surface area contributed by atoms with Gasteiger partial charge in [0.1, 0.15) is 0 Å². The van der Waals surface area contributed by atoms with E-state index in [1.54, 1.807) is 0 Å². The Kier molecular flexibility index (Phi) is 3.79. The second-order valence-corrected chi connectivity index (χ2v) is 6.41. The first-order valence-corrected chi connectivity index (χ1v) is 7.74. The van der Waals surface area contributed by atoms with E-state index >= 15 is 0 Å². The van der Waals surface area contributed by atoms with Gasteiger partial charge in [0.15, 0.2) is 0 Å². The van der Waals surface area contributed by atoms with Crippen molar-refractivity contribution in [1.82, 2.24) is 4.90 Å². The molecule has 0 radical (unpaired) electrons. The zero-order valence-corrected chi connectivity index (χ0v) is 12.2. The van der Waals surface area contributed by atoms with Crippen molar-refractivity contribution in [2.45, 2.75) is 25.7 Å². The highest BCUT2D eigenvalue weighted by atomic mass is 16.2. The Morgan fingerprint density at radius 2 is 2.10 bits per heavy atom. The summed E-state index contributed by atoms with van der Waals surface area (Å²) in [6, 6.07) is 10.4. The first-order chi connectivity index (χ1) is 9.70. The van der Waals surface area contributed by atoms with Crippen LogP contribution in [0.3, 0.4) is 0 Å². The van der Waals surface area contributed by atoms with E-state index in [1.165, 1.54) is 5.56 Å². The zero-order valence-electron chi connectivity index (χ0n) is 12.2. The molecular formula is C17H24N2O. The summed E-state index contributed by atoms with van der Waals surface area (Å²) in [6.07, 6.45) is 2.11. The molecule has 1 aliphatic heterocycles. The molecule has 108 valence electrons. The molecule has 1 saturated carbocycles. The third-order valence-corrected chi connectivity index (χ3v) is 5.06. The molecule has 0 aromatic heterocycles. The molecule has 1 amide bonds. The fourth-order valence-corrected chi connectivity index (χ4v) is 3.43. The van der Waals surface area contributed by atoms with E-state index in [1.807, 2.05) is 6.07 Å². The topological polar surface area (TPSA) is 46.3 Å². The van der Waals surface area contributed by atoms with Gasteiger partial charge in [-0.1, -0.05) is 37.3 Å². The first-order valence-electron chi connectivity index (χ1n) is 7.74. The molecule has 1 aromatic carbocycles. The van der Waals surface area contributed by atoms with Gasteiger partial charge in [-0.25, -0.2) is 0 Å². The summed E-state index contributed by atoms with van der Waals surface area (Å²) < 4.78 is 0. The van der Waals surface area contributed by atoms with E-state index < -0.39 is 0 Å². The predicted octanol–water partition coefficient (Wildman–Crippen LogP) is 2.23. The van der Waals surface area contributed by atoms with Gasteiger partial charge in [0, 0.05) is 19.0 Å². The molecule has 2 N–H and O–H groups in total. The molecular weight excluding hydrogens is 248 g/mol. The molecule has 4 unspecified atom stereocenters. The lowest BCUT2D eigenvalue weighted by atomic mass is 9.87. The van der Waals surface area contributed by atoms with Crippen LogP contribution >= 0.6 is 0 Å². The maximum Gasteiger partial charge on any atom is 0.226 e. The lowest BCUT2D eigenvalue weighted by Crippen LogP contribution is -2.46. The number of hydrogen-bond acceptors (Lipinski definition) is 2. The third kappa shape index (κ3) is 2.59. The highest BCUT2D eigenvalue weighted by Crippen LogP contribution is 2.48. The number of benzene rings is 1. The number of carbonyl (C=O) groups excluding carboxylic acids is 1. The van der Waals surface area contributed by atoms with Gasteiger partial charge in [0.2, 0.25) is 5.91 Å². The molecule has 1 aromatic rings. The van der Waals surface area contributed by atoms with Crippen LogP contribution in [0.5, 0.6) is 0 Å². The molecule has 0 bridgehead atoms. The molecule has 3 rings (SSSR count). The number of amides is 1. The van der Waals surface area contributed by atoms with Gasteiger partial charge in [-0.2, -0.15) is 0 Å². The van der Waals surface area contributed by atoms with Crippen LogP contribution in [0.4, 0.5) is 0 Å². The summed E-state index contributed by atoms with van der Waals surface area (Å²) in [5, 5.41) is 0. The quantitative estimate of drug-likeness (QED) is 0.917. The summed E-state index contributed by atoms with van der Waals surface area (Å²) in [5.41, 5.74) is 7.14. The Morgan fingerprint density at radius 1 is 1.35 bits per heavy atom. The van der Waals surface area contributed by atoms with Crippen molar-refractivity contribution in [3.63, 3.8) is 0 Å². The highest BCUT2D eigenvalue weighted by Gasteiger charge is 2.46. The van der Waals surface area contributed by atoms with Crippen molar-refractivity contribution in [3.8, 4) is 0 Å². The third-order valence-electron chi connectivity index (χ3n) is 5.06. The molecule has 0 spiro atoms. The Balaban J connectivity index is 1.61. The van der Waals surface area contributed by atoms with Crippen LogP contribution in [0.2, 0.25) is 0 Å². The van der Waals surface area contributed by atoms with Crippen molar-refractivity contribution < 1.29 is 4.79 Å². The van der Waals surface area contributed by atoms with E-state index in [0.717, 1.165) is 25.9 Å². The van der Waals surface area contributed by atoms with Gasteiger partial charge in [-0.05, 0) is 42.7 Å². The van der Waals surface area contributed by atoms with Gasteiger partial charge in [0.05, 0.1) is 0 Å². The van der Waals surface area contributed by atoms with Gasteiger partial charge in [0.25, 0.3) is 0 Å². The summed E-state index contributed by atoms with van der Waals surface area (Å²) in [4.78, 5) is 14.7. The number of hydrogen-bond donors (Lipinski definition) is 1. The number of nitrogens with two attached hydrogens (primary N) is 1. The van der Waals surface area contributed by atoms with Crippen molar-refractivity contribution in [2.75, 3.05) is 19.6 Å². The molecule has 3 heteroatoms. The minimum Gasteiger partial charge on any atom is -0.342 e. The summed E-state index contributed by atoms with van der Waals surface area (Å²) in [6.45, 7) is 4.71. The highest BCUT2D eigenvalue weighted by molar-refractivity contribution is 5.83. The van der Waals surface area contributed by atoms with Crippen LogP contribution < -0.4 is 5.73 Å². The fraction of sp³-hybridized carbons (Fsp3) is 0.588. The first kappa shape index (κ1) is 13.6. The molecule has 1 aliphatic carbocycles. The summed E-state index contributed by atoms with van der Waals surface area (Å²) in [7, 11) is 0. The van der Waals surface area contributed by atoms with Crippen LogP contribution in [-0.2, 0) is 4.79 Å². The Bertz CT molecular complexity index is 473. The Hall–Kier alpha value is -1.35. The fourth-order valence-electron chi connectivity index (χ4n) is 3.43. The average Bonchev–Trinajstić information content (AvgIpc) is 3.28. The van der Waals surface area contributed by atoms with Crippen LogP contribution in [-0.4, -0.2) is 30.4 Å². The maximum atomic E-state index is 12.6. The molecule has 2 fully saturated rings. The van der Waals surface area contributed by atoms with E-state index in [-0.39, 0.29) is 5.92 Å². The standard InChI is InChI=1S/C17H24N2O/c1-12-7-8-19(11-14(12)10-18)17(20)16-9-15(16)13-5-3-2-4-6-13/h2-6,12,14-16H,7-11,18H2,1H3. The number of carbonyl (C=O) groups is 1. The Labute approximate surface area is 121 Å². The van der Waals surface area contributed by atoms with Gasteiger partial charge < -0.3 is 10.6 Å². The van der Waals surface area contributed by atoms with Crippen LogP contribution in [0.1, 0.15) is 31.2 Å². The van der Waals surface area contributed by atoms with E-state index in [9.17, 15) is 4.79 Å². The molecule has 3 nitrogen and oxygen atoms in total. The van der Waals surface area contributed by atoms with E-state index in [0.29, 0.717) is 30.2 Å². The van der Waals surface area contributed by atoms with Crippen molar-refractivity contribution in [3.05, 3.63) is 35.9 Å². The van der Waals surface area contributed by atoms with E-state index in [2.05, 4.69) is 36.1 Å². The second-order valence-electron chi connectivity index (χ2n) is 6.41. The minimum atomic E-state index is 0.212. The Morgan fingerprint density at radius 3 is 2.80 bits per heavy atom. The van der Waals surface area contributed by atoms with Crippen molar-refractivity contribution >= 4 is 5.91 Å². The van der Waals surface area contributed by atoms with E-state index in [4.69, 9.17) is 5.73 Å². The number of likely N-dealkylation sites (tertiary alicyclic amines) is 1. The monoisotopic (exact) mass is 272 g/mol. The van der Waals surface area contributed by atoms with Gasteiger partial charge in [-0.3, -0.25) is 4.79 Å². The number of piperidine rings is 1. The minimum absolute atomic E-state index is 0.212. The smallest absolute Gasteiger partial charge is 0.226 e. The van der Waals surface area contributed by atoms with Gasteiger partial charge in [-0.15, -0.1) is 0 Å². The average molecular weight is 272 g/mol. The lowest BCUT2D eigenvalue weighted by Gasteiger charge is -2.36. The maximum absolute atomic E-state index is 12.6. The molecule has 2 aliphatic rings. The van der Waals surface area contributed by atoms with Crippen LogP contribution in [0.15, 0.2) is 30.3 Å². The summed E-state index contributed by atoms with van der Waals surface area (Å²) in [5.74, 6) is 2.13.